The first-order valence-corrected chi connectivity index (χ1v) is 6.98. The van der Waals surface area contributed by atoms with Crippen LogP contribution < -0.4 is 5.32 Å². The van der Waals surface area contributed by atoms with Gasteiger partial charge < -0.3 is 10.1 Å². The SMILES string of the molecule is CCNC(Cc1ccc(Cl)c(F)c1)CC(C)(C)OC. The molecular formula is C15H23ClFNO. The summed E-state index contributed by atoms with van der Waals surface area (Å²) >= 11 is 5.70. The highest BCUT2D eigenvalue weighted by Gasteiger charge is 2.22. The van der Waals surface area contributed by atoms with Gasteiger partial charge in [0.15, 0.2) is 0 Å². The van der Waals surface area contributed by atoms with Crippen LogP contribution in [0.15, 0.2) is 18.2 Å². The van der Waals surface area contributed by atoms with Crippen LogP contribution in [0.2, 0.25) is 5.02 Å². The van der Waals surface area contributed by atoms with E-state index >= 15 is 0 Å². The summed E-state index contributed by atoms with van der Waals surface area (Å²) in [4.78, 5) is 0. The van der Waals surface area contributed by atoms with Crippen LogP contribution in [0.3, 0.4) is 0 Å². The van der Waals surface area contributed by atoms with E-state index in [1.54, 1.807) is 13.2 Å². The van der Waals surface area contributed by atoms with Gasteiger partial charge in [0.25, 0.3) is 0 Å². The average Bonchev–Trinajstić information content (AvgIpc) is 2.34. The summed E-state index contributed by atoms with van der Waals surface area (Å²) in [6.07, 6.45) is 1.62. The van der Waals surface area contributed by atoms with Gasteiger partial charge in [-0.2, -0.15) is 0 Å². The van der Waals surface area contributed by atoms with Gasteiger partial charge in [-0.1, -0.05) is 24.6 Å². The highest BCUT2D eigenvalue weighted by Crippen LogP contribution is 2.20. The summed E-state index contributed by atoms with van der Waals surface area (Å²) in [7, 11) is 1.71. The predicted molar refractivity (Wildman–Crippen MR) is 78.3 cm³/mol. The summed E-state index contributed by atoms with van der Waals surface area (Å²) in [5, 5.41) is 3.59. The lowest BCUT2D eigenvalue weighted by Gasteiger charge is -2.29. The van der Waals surface area contributed by atoms with E-state index in [2.05, 4.69) is 26.1 Å². The topological polar surface area (TPSA) is 21.3 Å². The van der Waals surface area contributed by atoms with Crippen LogP contribution in [-0.2, 0) is 11.2 Å². The van der Waals surface area contributed by atoms with Gasteiger partial charge in [-0.15, -0.1) is 0 Å². The molecule has 1 N–H and O–H groups in total. The first kappa shape index (κ1) is 16.4. The third kappa shape index (κ3) is 5.47. The van der Waals surface area contributed by atoms with Gasteiger partial charge in [-0.05, 0) is 50.9 Å². The van der Waals surface area contributed by atoms with Gasteiger partial charge >= 0.3 is 0 Å². The number of benzene rings is 1. The van der Waals surface area contributed by atoms with E-state index in [0.29, 0.717) is 0 Å². The van der Waals surface area contributed by atoms with Crippen molar-refractivity contribution in [1.29, 1.82) is 0 Å². The summed E-state index contributed by atoms with van der Waals surface area (Å²) in [5.74, 6) is -0.361. The van der Waals surface area contributed by atoms with Crippen LogP contribution in [0.1, 0.15) is 32.8 Å². The van der Waals surface area contributed by atoms with Crippen molar-refractivity contribution in [1.82, 2.24) is 5.32 Å². The largest absolute Gasteiger partial charge is 0.379 e. The van der Waals surface area contributed by atoms with Crippen molar-refractivity contribution in [3.63, 3.8) is 0 Å². The molecule has 1 unspecified atom stereocenters. The average molecular weight is 288 g/mol. The molecule has 0 aromatic heterocycles. The smallest absolute Gasteiger partial charge is 0.142 e. The van der Waals surface area contributed by atoms with Gasteiger partial charge in [-0.3, -0.25) is 0 Å². The maximum atomic E-state index is 13.4. The minimum absolute atomic E-state index is 0.168. The minimum Gasteiger partial charge on any atom is -0.379 e. The summed E-state index contributed by atoms with van der Waals surface area (Å²) < 4.78 is 18.9. The van der Waals surface area contributed by atoms with E-state index in [4.69, 9.17) is 16.3 Å². The zero-order valence-corrected chi connectivity index (χ0v) is 12.9. The molecule has 0 aliphatic rings. The minimum atomic E-state index is -0.361. The molecule has 0 aliphatic carbocycles. The second-order valence-electron chi connectivity index (χ2n) is 5.38. The summed E-state index contributed by atoms with van der Waals surface area (Å²) in [6.45, 7) is 7.05. The monoisotopic (exact) mass is 287 g/mol. The molecule has 0 aliphatic heterocycles. The van der Waals surface area contributed by atoms with Crippen LogP contribution in [0.25, 0.3) is 0 Å². The normalized spacial score (nSPS) is 13.6. The van der Waals surface area contributed by atoms with Crippen LogP contribution in [0.4, 0.5) is 4.39 Å². The Kier molecular flexibility index (Phi) is 6.24. The molecule has 0 radical (unpaired) electrons. The molecule has 0 fully saturated rings. The van der Waals surface area contributed by atoms with Crippen molar-refractivity contribution >= 4 is 11.6 Å². The third-order valence-corrected chi connectivity index (χ3v) is 3.56. The predicted octanol–water partition coefficient (Wildman–Crippen LogP) is 3.81. The number of rotatable bonds is 7. The van der Waals surface area contributed by atoms with E-state index in [0.717, 1.165) is 24.9 Å². The molecule has 2 nitrogen and oxygen atoms in total. The van der Waals surface area contributed by atoms with Crippen molar-refractivity contribution < 1.29 is 9.13 Å². The molecular weight excluding hydrogens is 265 g/mol. The van der Waals surface area contributed by atoms with Crippen molar-refractivity contribution in [3.05, 3.63) is 34.6 Å². The van der Waals surface area contributed by atoms with Gasteiger partial charge in [0.05, 0.1) is 10.6 Å². The van der Waals surface area contributed by atoms with E-state index in [1.165, 1.54) is 6.07 Å². The molecule has 1 aromatic rings. The van der Waals surface area contributed by atoms with Crippen LogP contribution in [0, 0.1) is 5.82 Å². The van der Waals surface area contributed by atoms with Crippen LogP contribution in [0.5, 0.6) is 0 Å². The highest BCUT2D eigenvalue weighted by molar-refractivity contribution is 6.30. The molecule has 1 atom stereocenters. The summed E-state index contributed by atoms with van der Waals surface area (Å²) in [6, 6.07) is 5.24. The first-order chi connectivity index (χ1) is 8.88. The fraction of sp³-hybridized carbons (Fsp3) is 0.600. The van der Waals surface area contributed by atoms with Crippen molar-refractivity contribution in [2.75, 3.05) is 13.7 Å². The molecule has 0 saturated carbocycles. The lowest BCUT2D eigenvalue weighted by atomic mass is 9.94. The zero-order valence-electron chi connectivity index (χ0n) is 12.1. The third-order valence-electron chi connectivity index (χ3n) is 3.25. The molecule has 0 spiro atoms. The Morgan fingerprint density at radius 1 is 1.42 bits per heavy atom. The Morgan fingerprint density at radius 2 is 2.11 bits per heavy atom. The Bertz CT molecular complexity index is 409. The second kappa shape index (κ2) is 7.22. The number of nitrogens with one attached hydrogen (secondary N) is 1. The van der Waals surface area contributed by atoms with Gasteiger partial charge in [-0.25, -0.2) is 4.39 Å². The summed E-state index contributed by atoms with van der Waals surface area (Å²) in [5.41, 5.74) is 0.748. The van der Waals surface area contributed by atoms with Crippen LogP contribution in [-0.4, -0.2) is 25.3 Å². The number of hydrogen-bond donors (Lipinski definition) is 1. The second-order valence-corrected chi connectivity index (χ2v) is 5.78. The number of ether oxygens (including phenoxy) is 1. The van der Waals surface area contributed by atoms with Crippen molar-refractivity contribution in [2.45, 2.75) is 45.3 Å². The van der Waals surface area contributed by atoms with Crippen molar-refractivity contribution in [3.8, 4) is 0 Å². The maximum Gasteiger partial charge on any atom is 0.142 e. The number of methoxy groups -OCH3 is 1. The number of hydrogen-bond acceptors (Lipinski definition) is 2. The number of halogens is 2. The van der Waals surface area contributed by atoms with Gasteiger partial charge in [0, 0.05) is 13.2 Å². The standard InChI is InChI=1S/C15H23ClFNO/c1-5-18-12(10-15(2,3)19-4)8-11-6-7-13(16)14(17)9-11/h6-7,9,12,18H,5,8,10H2,1-4H3. The van der Waals surface area contributed by atoms with E-state index in [-0.39, 0.29) is 22.5 Å². The Labute approximate surface area is 120 Å². The lowest BCUT2D eigenvalue weighted by Crippen LogP contribution is -2.39. The lowest BCUT2D eigenvalue weighted by molar-refractivity contribution is 0.00726. The van der Waals surface area contributed by atoms with E-state index in [1.807, 2.05) is 6.07 Å². The molecule has 0 bridgehead atoms. The Balaban J connectivity index is 2.74. The number of likely N-dealkylation sites (N-methyl/N-ethyl adjacent to an activating group) is 1. The Morgan fingerprint density at radius 3 is 2.63 bits per heavy atom. The van der Waals surface area contributed by atoms with Gasteiger partial charge in [0.1, 0.15) is 5.82 Å². The first-order valence-electron chi connectivity index (χ1n) is 6.60. The Hall–Kier alpha value is -0.640. The molecule has 0 heterocycles. The molecule has 0 saturated heterocycles. The molecule has 108 valence electrons. The fourth-order valence-corrected chi connectivity index (χ4v) is 2.25. The molecule has 1 aromatic carbocycles. The quantitative estimate of drug-likeness (QED) is 0.823. The zero-order chi connectivity index (χ0) is 14.5. The molecule has 19 heavy (non-hydrogen) atoms. The maximum absolute atomic E-state index is 13.4. The van der Waals surface area contributed by atoms with Gasteiger partial charge in [0.2, 0.25) is 0 Å². The van der Waals surface area contributed by atoms with E-state index < -0.39 is 0 Å². The molecule has 1 rings (SSSR count). The fourth-order valence-electron chi connectivity index (χ4n) is 2.13. The molecule has 4 heteroatoms. The van der Waals surface area contributed by atoms with Crippen molar-refractivity contribution in [2.24, 2.45) is 0 Å². The van der Waals surface area contributed by atoms with E-state index in [9.17, 15) is 4.39 Å². The van der Waals surface area contributed by atoms with Crippen LogP contribution >= 0.6 is 11.6 Å². The highest BCUT2D eigenvalue weighted by atomic mass is 35.5. The molecule has 0 amide bonds.